The highest BCUT2D eigenvalue weighted by molar-refractivity contribution is 9.10. The van der Waals surface area contributed by atoms with Gasteiger partial charge in [-0.25, -0.2) is 9.18 Å². The van der Waals surface area contributed by atoms with Crippen molar-refractivity contribution < 1.29 is 14.3 Å². The lowest BCUT2D eigenvalue weighted by atomic mass is 10.2. The minimum absolute atomic E-state index is 0.0696. The van der Waals surface area contributed by atoms with E-state index in [9.17, 15) is 9.18 Å². The number of hydrogen-bond acceptors (Lipinski definition) is 1. The lowest BCUT2D eigenvalue weighted by molar-refractivity contribution is 0.0699. The summed E-state index contributed by atoms with van der Waals surface area (Å²) in [5.74, 6) is -1.55. The average Bonchev–Trinajstić information content (AvgIpc) is 2.47. The van der Waals surface area contributed by atoms with Crippen LogP contribution in [0.3, 0.4) is 0 Å². The maximum Gasteiger partial charge on any atom is 0.337 e. The fourth-order valence-corrected chi connectivity index (χ4v) is 1.76. The third kappa shape index (κ3) is 1.29. The fraction of sp³-hybridized carbons (Fsp3) is 0. The van der Waals surface area contributed by atoms with Crippen molar-refractivity contribution in [2.45, 2.75) is 0 Å². The predicted octanol–water partition coefficient (Wildman–Crippen LogP) is 2.77. The first-order valence-electron chi connectivity index (χ1n) is 3.79. The Hall–Kier alpha value is -1.36. The molecule has 2 rings (SSSR count). The summed E-state index contributed by atoms with van der Waals surface area (Å²) in [5.41, 5.74) is 0.283. The van der Waals surface area contributed by atoms with Gasteiger partial charge in [0, 0.05) is 16.1 Å². The van der Waals surface area contributed by atoms with E-state index in [-0.39, 0.29) is 11.1 Å². The van der Waals surface area contributed by atoms with Gasteiger partial charge in [-0.05, 0) is 12.1 Å². The molecule has 1 aromatic carbocycles. The second-order valence-corrected chi connectivity index (χ2v) is 3.73. The number of carboxylic acids is 1. The molecule has 5 heteroatoms. The van der Waals surface area contributed by atoms with Gasteiger partial charge in [0.25, 0.3) is 0 Å². The quantitative estimate of drug-likeness (QED) is 0.826. The molecule has 0 saturated heterocycles. The number of hydrogen-bond donors (Lipinski definition) is 2. The molecule has 1 heterocycles. The summed E-state index contributed by atoms with van der Waals surface area (Å²) < 4.78 is 13.8. The van der Waals surface area contributed by atoms with Crippen LogP contribution in [0.1, 0.15) is 10.4 Å². The first-order valence-corrected chi connectivity index (χ1v) is 4.58. The maximum atomic E-state index is 13.3. The zero-order valence-corrected chi connectivity index (χ0v) is 8.43. The predicted molar refractivity (Wildman–Crippen MR) is 52.9 cm³/mol. The van der Waals surface area contributed by atoms with Gasteiger partial charge in [-0.2, -0.15) is 0 Å². The van der Waals surface area contributed by atoms with Gasteiger partial charge >= 0.3 is 5.97 Å². The van der Waals surface area contributed by atoms with E-state index in [2.05, 4.69) is 20.9 Å². The van der Waals surface area contributed by atoms with Gasteiger partial charge in [-0.3, -0.25) is 0 Å². The molecular weight excluding hydrogens is 253 g/mol. The molecular formula is C9H5BrFNO2. The first kappa shape index (κ1) is 9.21. The molecule has 2 N–H and O–H groups in total. The highest BCUT2D eigenvalue weighted by Gasteiger charge is 2.13. The minimum Gasteiger partial charge on any atom is -0.478 e. The summed E-state index contributed by atoms with van der Waals surface area (Å²) in [5, 5.41) is 9.16. The molecule has 0 aliphatic rings. The van der Waals surface area contributed by atoms with E-state index in [4.69, 9.17) is 5.11 Å². The summed E-state index contributed by atoms with van der Waals surface area (Å²) in [4.78, 5) is 13.3. The van der Waals surface area contributed by atoms with Crippen molar-refractivity contribution in [2.24, 2.45) is 0 Å². The van der Waals surface area contributed by atoms with Gasteiger partial charge in [0.2, 0.25) is 0 Å². The molecule has 1 aromatic heterocycles. The van der Waals surface area contributed by atoms with Crippen LogP contribution in [-0.2, 0) is 0 Å². The molecule has 3 nitrogen and oxygen atoms in total. The van der Waals surface area contributed by atoms with Crippen molar-refractivity contribution in [2.75, 3.05) is 0 Å². The van der Waals surface area contributed by atoms with Gasteiger partial charge in [0.1, 0.15) is 5.82 Å². The SMILES string of the molecule is O=C(O)c1c[nH]c2c(F)cc(Br)cc12. The van der Waals surface area contributed by atoms with Crippen molar-refractivity contribution in [1.82, 2.24) is 4.98 Å². The number of aromatic amines is 1. The molecule has 0 radical (unpaired) electrons. The van der Waals surface area contributed by atoms with Crippen LogP contribution in [0.4, 0.5) is 4.39 Å². The number of halogens is 2. The Bertz CT molecular complexity index is 521. The summed E-state index contributed by atoms with van der Waals surface area (Å²) >= 11 is 3.10. The molecule has 72 valence electrons. The number of nitrogens with one attached hydrogen (secondary N) is 1. The van der Waals surface area contributed by atoms with Crippen LogP contribution in [0.15, 0.2) is 22.8 Å². The topological polar surface area (TPSA) is 53.1 Å². The summed E-state index contributed by atoms with van der Waals surface area (Å²) in [6.45, 7) is 0. The standard InChI is InChI=1S/C9H5BrFNO2/c10-4-1-5-6(9(13)14)3-12-8(5)7(11)2-4/h1-3,12H,(H,13,14). The Morgan fingerprint density at radius 2 is 2.21 bits per heavy atom. The molecule has 0 fully saturated rings. The third-order valence-corrected chi connectivity index (χ3v) is 2.39. The van der Waals surface area contributed by atoms with Gasteiger partial charge in [0.05, 0.1) is 11.1 Å². The molecule has 0 aliphatic carbocycles. The largest absolute Gasteiger partial charge is 0.478 e. The Labute approximate surface area is 86.7 Å². The van der Waals surface area contributed by atoms with Crippen LogP contribution in [0.25, 0.3) is 10.9 Å². The number of aromatic nitrogens is 1. The first-order chi connectivity index (χ1) is 6.59. The molecule has 0 saturated carbocycles. The van der Waals surface area contributed by atoms with E-state index in [1.165, 1.54) is 12.3 Å². The van der Waals surface area contributed by atoms with Crippen LogP contribution in [-0.4, -0.2) is 16.1 Å². The monoisotopic (exact) mass is 257 g/mol. The van der Waals surface area contributed by atoms with Crippen molar-refractivity contribution >= 4 is 32.8 Å². The molecule has 14 heavy (non-hydrogen) atoms. The van der Waals surface area contributed by atoms with Crippen molar-refractivity contribution in [1.29, 1.82) is 0 Å². The van der Waals surface area contributed by atoms with Gasteiger partial charge in [-0.1, -0.05) is 15.9 Å². The molecule has 0 unspecified atom stereocenters. The van der Waals surface area contributed by atoms with Crippen molar-refractivity contribution in [3.05, 3.63) is 34.2 Å². The number of carbonyl (C=O) groups is 1. The van der Waals surface area contributed by atoms with E-state index >= 15 is 0 Å². The smallest absolute Gasteiger partial charge is 0.337 e. The number of carboxylic acid groups (broad SMARTS) is 1. The molecule has 0 amide bonds. The van der Waals surface area contributed by atoms with E-state index in [1.54, 1.807) is 6.07 Å². The Morgan fingerprint density at radius 3 is 2.86 bits per heavy atom. The van der Waals surface area contributed by atoms with Crippen LogP contribution < -0.4 is 0 Å². The molecule has 0 spiro atoms. The van der Waals surface area contributed by atoms with Crippen molar-refractivity contribution in [3.63, 3.8) is 0 Å². The maximum absolute atomic E-state index is 13.3. The van der Waals surface area contributed by atoms with E-state index in [1.807, 2.05) is 0 Å². The Morgan fingerprint density at radius 1 is 1.50 bits per heavy atom. The van der Waals surface area contributed by atoms with Crippen LogP contribution in [0.2, 0.25) is 0 Å². The zero-order chi connectivity index (χ0) is 10.3. The summed E-state index contributed by atoms with van der Waals surface area (Å²) in [7, 11) is 0. The van der Waals surface area contributed by atoms with Crippen LogP contribution >= 0.6 is 15.9 Å². The Balaban J connectivity index is 2.85. The second-order valence-electron chi connectivity index (χ2n) is 2.82. The number of benzene rings is 1. The van der Waals surface area contributed by atoms with E-state index in [0.29, 0.717) is 9.86 Å². The Kier molecular flexibility index (Phi) is 2.03. The summed E-state index contributed by atoms with van der Waals surface area (Å²) in [6.07, 6.45) is 1.28. The fourth-order valence-electron chi connectivity index (χ4n) is 1.33. The number of fused-ring (bicyclic) bond motifs is 1. The third-order valence-electron chi connectivity index (χ3n) is 1.94. The van der Waals surface area contributed by atoms with E-state index in [0.717, 1.165) is 0 Å². The van der Waals surface area contributed by atoms with Gasteiger partial charge in [0.15, 0.2) is 0 Å². The molecule has 2 aromatic rings. The molecule has 0 bridgehead atoms. The van der Waals surface area contributed by atoms with E-state index < -0.39 is 11.8 Å². The zero-order valence-electron chi connectivity index (χ0n) is 6.84. The minimum atomic E-state index is -1.08. The lowest BCUT2D eigenvalue weighted by Crippen LogP contribution is -1.93. The molecule has 0 aliphatic heterocycles. The number of H-pyrrole nitrogens is 1. The number of aromatic carboxylic acids is 1. The second kappa shape index (κ2) is 3.09. The lowest BCUT2D eigenvalue weighted by Gasteiger charge is -1.95. The van der Waals surface area contributed by atoms with Gasteiger partial charge in [-0.15, -0.1) is 0 Å². The van der Waals surface area contributed by atoms with Crippen molar-refractivity contribution in [3.8, 4) is 0 Å². The number of rotatable bonds is 1. The normalized spacial score (nSPS) is 10.7. The van der Waals surface area contributed by atoms with Crippen LogP contribution in [0, 0.1) is 5.82 Å². The highest BCUT2D eigenvalue weighted by atomic mass is 79.9. The summed E-state index contributed by atoms with van der Waals surface area (Å²) in [6, 6.07) is 2.85. The molecule has 0 atom stereocenters. The highest BCUT2D eigenvalue weighted by Crippen LogP contribution is 2.25. The van der Waals surface area contributed by atoms with Crippen LogP contribution in [0.5, 0.6) is 0 Å². The average molecular weight is 258 g/mol. The van der Waals surface area contributed by atoms with Gasteiger partial charge < -0.3 is 10.1 Å².